The molecule has 0 unspecified atom stereocenters. The van der Waals surface area contributed by atoms with Crippen LogP contribution in [-0.2, 0) is 16.2 Å². The quantitative estimate of drug-likeness (QED) is 0.456. The molecule has 0 aliphatic carbocycles. The first-order chi connectivity index (χ1) is 13.2. The predicted molar refractivity (Wildman–Crippen MR) is 105 cm³/mol. The van der Waals surface area contributed by atoms with Crippen LogP contribution < -0.4 is 0 Å². The van der Waals surface area contributed by atoms with E-state index < -0.39 is 21.8 Å². The van der Waals surface area contributed by atoms with Crippen LogP contribution in [0.1, 0.15) is 11.1 Å². The van der Waals surface area contributed by atoms with E-state index >= 15 is 0 Å². The molecule has 0 spiro atoms. The summed E-state index contributed by atoms with van der Waals surface area (Å²) in [5.74, 6) is -0.279. The SMILES string of the molecule is O=S(=O)(CC=Cc1ccc2ncsc2c1)n1ccc2cc(C(F)(F)F)ccc21. The highest BCUT2D eigenvalue weighted by Crippen LogP contribution is 2.32. The molecular formula is C19H13F3N2O2S2. The second-order valence-electron chi connectivity index (χ2n) is 6.14. The van der Waals surface area contributed by atoms with Gasteiger partial charge in [-0.3, -0.25) is 0 Å². The first-order valence-corrected chi connectivity index (χ1v) is 10.6. The van der Waals surface area contributed by atoms with Crippen molar-refractivity contribution in [2.75, 3.05) is 5.75 Å². The highest BCUT2D eigenvalue weighted by Gasteiger charge is 2.30. The van der Waals surface area contributed by atoms with Crippen molar-refractivity contribution >= 4 is 48.6 Å². The van der Waals surface area contributed by atoms with Crippen LogP contribution in [0.15, 0.2) is 60.2 Å². The van der Waals surface area contributed by atoms with E-state index in [2.05, 4.69) is 4.98 Å². The smallest absolute Gasteiger partial charge is 0.245 e. The molecule has 28 heavy (non-hydrogen) atoms. The number of hydrogen-bond donors (Lipinski definition) is 0. The van der Waals surface area contributed by atoms with E-state index in [0.29, 0.717) is 0 Å². The molecule has 0 radical (unpaired) electrons. The lowest BCUT2D eigenvalue weighted by atomic mass is 10.1. The molecule has 144 valence electrons. The third-order valence-electron chi connectivity index (χ3n) is 4.25. The van der Waals surface area contributed by atoms with Crippen LogP contribution in [0.4, 0.5) is 13.2 Å². The van der Waals surface area contributed by atoms with Gasteiger partial charge in [-0.2, -0.15) is 13.2 Å². The first kappa shape index (κ1) is 18.7. The monoisotopic (exact) mass is 422 g/mol. The molecule has 0 saturated heterocycles. The average molecular weight is 422 g/mol. The Morgan fingerprint density at radius 3 is 2.71 bits per heavy atom. The molecular weight excluding hydrogens is 409 g/mol. The van der Waals surface area contributed by atoms with Crippen molar-refractivity contribution < 1.29 is 21.6 Å². The molecule has 4 aromatic rings. The van der Waals surface area contributed by atoms with Crippen molar-refractivity contribution in [2.24, 2.45) is 0 Å². The highest BCUT2D eigenvalue weighted by atomic mass is 32.2. The largest absolute Gasteiger partial charge is 0.416 e. The van der Waals surface area contributed by atoms with E-state index in [4.69, 9.17) is 0 Å². The van der Waals surface area contributed by atoms with Crippen LogP contribution in [-0.4, -0.2) is 23.1 Å². The molecule has 4 rings (SSSR count). The van der Waals surface area contributed by atoms with Crippen molar-refractivity contribution in [2.45, 2.75) is 6.18 Å². The van der Waals surface area contributed by atoms with Crippen molar-refractivity contribution in [1.82, 2.24) is 8.96 Å². The number of nitrogens with zero attached hydrogens (tertiary/aromatic N) is 2. The van der Waals surface area contributed by atoms with Gasteiger partial charge in [0, 0.05) is 11.6 Å². The molecule has 0 N–H and O–H groups in total. The van der Waals surface area contributed by atoms with Crippen LogP contribution in [0.5, 0.6) is 0 Å². The normalized spacial score (nSPS) is 13.1. The molecule has 2 aromatic heterocycles. The molecule has 0 fully saturated rings. The number of thiazole rings is 1. The fourth-order valence-corrected chi connectivity index (χ4v) is 4.84. The van der Waals surface area contributed by atoms with Crippen LogP contribution in [0.2, 0.25) is 0 Å². The minimum Gasteiger partial charge on any atom is -0.245 e. The molecule has 0 bridgehead atoms. The van der Waals surface area contributed by atoms with Gasteiger partial charge in [0.2, 0.25) is 10.0 Å². The van der Waals surface area contributed by atoms with Crippen molar-refractivity contribution in [3.8, 4) is 0 Å². The Balaban J connectivity index is 1.59. The second-order valence-corrected chi connectivity index (χ2v) is 8.92. The second kappa shape index (κ2) is 6.75. The number of benzene rings is 2. The molecule has 2 aromatic carbocycles. The summed E-state index contributed by atoms with van der Waals surface area (Å²) >= 11 is 1.50. The lowest BCUT2D eigenvalue weighted by Gasteiger charge is -2.08. The highest BCUT2D eigenvalue weighted by molar-refractivity contribution is 7.90. The number of halogens is 3. The van der Waals surface area contributed by atoms with Gasteiger partial charge in [-0.25, -0.2) is 17.4 Å². The van der Waals surface area contributed by atoms with Crippen molar-refractivity contribution in [3.05, 3.63) is 71.4 Å². The van der Waals surface area contributed by atoms with Crippen LogP contribution in [0.25, 0.3) is 27.2 Å². The van der Waals surface area contributed by atoms with Crippen molar-refractivity contribution in [3.63, 3.8) is 0 Å². The molecule has 9 heteroatoms. The van der Waals surface area contributed by atoms with E-state index in [-0.39, 0.29) is 16.7 Å². The Kier molecular flexibility index (Phi) is 4.51. The number of fused-ring (bicyclic) bond motifs is 2. The number of alkyl halides is 3. The third kappa shape index (κ3) is 3.55. The van der Waals surface area contributed by atoms with E-state index in [1.807, 2.05) is 18.2 Å². The lowest BCUT2D eigenvalue weighted by molar-refractivity contribution is -0.137. The zero-order chi connectivity index (χ0) is 19.9. The molecule has 0 aliphatic heterocycles. The Morgan fingerprint density at radius 2 is 1.93 bits per heavy atom. The summed E-state index contributed by atoms with van der Waals surface area (Å²) in [6.45, 7) is 0. The molecule has 0 saturated carbocycles. The van der Waals surface area contributed by atoms with E-state index in [0.717, 1.165) is 31.9 Å². The van der Waals surface area contributed by atoms with Crippen molar-refractivity contribution in [1.29, 1.82) is 0 Å². The Bertz CT molecular complexity index is 1300. The van der Waals surface area contributed by atoms with Gasteiger partial charge in [0.25, 0.3) is 0 Å². The van der Waals surface area contributed by atoms with Crippen LogP contribution in [0.3, 0.4) is 0 Å². The van der Waals surface area contributed by atoms with Gasteiger partial charge in [0.15, 0.2) is 0 Å². The van der Waals surface area contributed by atoms with Gasteiger partial charge in [-0.05, 0) is 42.0 Å². The predicted octanol–water partition coefficient (Wildman–Crippen LogP) is 5.16. The number of rotatable bonds is 4. The molecule has 2 heterocycles. The maximum absolute atomic E-state index is 12.8. The van der Waals surface area contributed by atoms with E-state index in [1.165, 1.54) is 35.7 Å². The Hall–Kier alpha value is -2.65. The molecule has 4 nitrogen and oxygen atoms in total. The zero-order valence-electron chi connectivity index (χ0n) is 14.2. The minimum absolute atomic E-state index is 0.215. The summed E-state index contributed by atoms with van der Waals surface area (Å²) in [5.41, 5.74) is 2.87. The van der Waals surface area contributed by atoms with Gasteiger partial charge in [0.05, 0.1) is 32.6 Å². The molecule has 0 amide bonds. The van der Waals surface area contributed by atoms with Gasteiger partial charge in [-0.1, -0.05) is 18.2 Å². The molecule has 0 aliphatic rings. The average Bonchev–Trinajstić information content (AvgIpc) is 3.26. The van der Waals surface area contributed by atoms with Gasteiger partial charge < -0.3 is 0 Å². The van der Waals surface area contributed by atoms with E-state index in [9.17, 15) is 21.6 Å². The lowest BCUT2D eigenvalue weighted by Crippen LogP contribution is -2.14. The summed E-state index contributed by atoms with van der Waals surface area (Å²) in [5, 5.41) is 0.220. The Morgan fingerprint density at radius 1 is 1.11 bits per heavy atom. The fraction of sp³-hybridized carbons (Fsp3) is 0.105. The summed E-state index contributed by atoms with van der Waals surface area (Å²) < 4.78 is 65.7. The zero-order valence-corrected chi connectivity index (χ0v) is 15.9. The van der Waals surface area contributed by atoms with Gasteiger partial charge >= 0.3 is 6.18 Å². The minimum atomic E-state index is -4.48. The van der Waals surface area contributed by atoms with Gasteiger partial charge in [0.1, 0.15) is 0 Å². The number of aromatic nitrogens is 2. The van der Waals surface area contributed by atoms with Crippen LogP contribution in [0, 0.1) is 0 Å². The summed E-state index contributed by atoms with van der Waals surface area (Å²) in [4.78, 5) is 4.19. The standard InChI is InChI=1S/C19H13F3N2O2S2/c20-19(21,22)15-4-6-17-14(11-15)7-8-24(17)28(25,26)9-1-2-13-3-5-16-18(10-13)27-12-23-16/h1-8,10-12H,9H2. The molecule has 0 atom stereocenters. The fourth-order valence-electron chi connectivity index (χ4n) is 2.90. The van der Waals surface area contributed by atoms with Gasteiger partial charge in [-0.15, -0.1) is 11.3 Å². The topological polar surface area (TPSA) is 52.0 Å². The summed E-state index contributed by atoms with van der Waals surface area (Å²) in [6, 6.07) is 9.99. The summed E-state index contributed by atoms with van der Waals surface area (Å²) in [7, 11) is -3.75. The maximum Gasteiger partial charge on any atom is 0.416 e. The maximum atomic E-state index is 12.8. The van der Waals surface area contributed by atoms with E-state index in [1.54, 1.807) is 11.6 Å². The Labute approximate surface area is 162 Å². The third-order valence-corrected chi connectivity index (χ3v) is 6.58. The number of hydrogen-bond acceptors (Lipinski definition) is 4. The first-order valence-electron chi connectivity index (χ1n) is 8.15. The van der Waals surface area contributed by atoms with Crippen LogP contribution >= 0.6 is 11.3 Å². The summed E-state index contributed by atoms with van der Waals surface area (Å²) in [6.07, 6.45) is 0.0199.